The molecule has 0 spiro atoms. The Labute approximate surface area is 59.3 Å². The van der Waals surface area contributed by atoms with E-state index in [1.54, 1.807) is 0 Å². The molecule has 60 valence electrons. The SMILES string of the molecule is N[C@H]1CCC[C@@H]1C(=O)O.O. The van der Waals surface area contributed by atoms with Crippen LogP contribution in [0.5, 0.6) is 0 Å². The van der Waals surface area contributed by atoms with Gasteiger partial charge in [-0.15, -0.1) is 0 Å². The van der Waals surface area contributed by atoms with Crippen LogP contribution < -0.4 is 5.73 Å². The summed E-state index contributed by atoms with van der Waals surface area (Å²) in [4.78, 5) is 10.3. The number of aliphatic carboxylic acids is 1. The summed E-state index contributed by atoms with van der Waals surface area (Å²) in [5.41, 5.74) is 5.50. The molecule has 0 amide bonds. The molecule has 1 aliphatic carbocycles. The van der Waals surface area contributed by atoms with Crippen molar-refractivity contribution >= 4 is 5.97 Å². The van der Waals surface area contributed by atoms with Crippen LogP contribution in [0.1, 0.15) is 19.3 Å². The van der Waals surface area contributed by atoms with Gasteiger partial charge in [0.2, 0.25) is 0 Å². The second kappa shape index (κ2) is 3.53. The van der Waals surface area contributed by atoms with Gasteiger partial charge < -0.3 is 16.3 Å². The summed E-state index contributed by atoms with van der Waals surface area (Å²) in [6, 6.07) is -0.0949. The van der Waals surface area contributed by atoms with E-state index in [0.29, 0.717) is 0 Å². The molecule has 5 N–H and O–H groups in total. The van der Waals surface area contributed by atoms with E-state index >= 15 is 0 Å². The van der Waals surface area contributed by atoms with Crippen LogP contribution in [0.3, 0.4) is 0 Å². The molecule has 1 aliphatic rings. The average Bonchev–Trinajstić information content (AvgIpc) is 2.13. The van der Waals surface area contributed by atoms with Crippen molar-refractivity contribution in [1.29, 1.82) is 0 Å². The highest BCUT2D eigenvalue weighted by Crippen LogP contribution is 2.23. The Morgan fingerprint density at radius 1 is 1.50 bits per heavy atom. The third-order valence-electron chi connectivity index (χ3n) is 1.89. The Morgan fingerprint density at radius 2 is 2.10 bits per heavy atom. The monoisotopic (exact) mass is 147 g/mol. The Kier molecular flexibility index (Phi) is 3.32. The van der Waals surface area contributed by atoms with E-state index in [1.165, 1.54) is 0 Å². The first-order valence-electron chi connectivity index (χ1n) is 3.20. The maximum absolute atomic E-state index is 10.3. The second-order valence-electron chi connectivity index (χ2n) is 2.54. The van der Waals surface area contributed by atoms with Gasteiger partial charge in [0.05, 0.1) is 5.92 Å². The molecule has 0 bridgehead atoms. The number of carboxylic acid groups (broad SMARTS) is 1. The van der Waals surface area contributed by atoms with Crippen molar-refractivity contribution in [3.63, 3.8) is 0 Å². The zero-order valence-corrected chi connectivity index (χ0v) is 5.71. The van der Waals surface area contributed by atoms with E-state index in [1.807, 2.05) is 0 Å². The van der Waals surface area contributed by atoms with Crippen LogP contribution in [0.25, 0.3) is 0 Å². The Morgan fingerprint density at radius 3 is 2.30 bits per heavy atom. The first kappa shape index (κ1) is 9.39. The van der Waals surface area contributed by atoms with Gasteiger partial charge in [0, 0.05) is 6.04 Å². The van der Waals surface area contributed by atoms with Crippen LogP contribution in [-0.2, 0) is 4.79 Å². The first-order chi connectivity index (χ1) is 4.22. The Hall–Kier alpha value is -0.610. The fourth-order valence-corrected chi connectivity index (χ4v) is 1.30. The smallest absolute Gasteiger partial charge is 0.308 e. The maximum atomic E-state index is 10.3. The lowest BCUT2D eigenvalue weighted by Crippen LogP contribution is -2.30. The summed E-state index contributed by atoms with van der Waals surface area (Å²) >= 11 is 0. The van der Waals surface area contributed by atoms with Crippen molar-refractivity contribution in [1.82, 2.24) is 0 Å². The van der Waals surface area contributed by atoms with Crippen LogP contribution in [0.15, 0.2) is 0 Å². The van der Waals surface area contributed by atoms with Gasteiger partial charge in [-0.05, 0) is 12.8 Å². The molecule has 1 rings (SSSR count). The van der Waals surface area contributed by atoms with Gasteiger partial charge in [-0.3, -0.25) is 4.79 Å². The summed E-state index contributed by atoms with van der Waals surface area (Å²) in [5, 5.41) is 8.50. The number of carbonyl (C=O) groups is 1. The fourth-order valence-electron chi connectivity index (χ4n) is 1.30. The average molecular weight is 147 g/mol. The van der Waals surface area contributed by atoms with Crippen molar-refractivity contribution < 1.29 is 15.4 Å². The number of hydrogen-bond donors (Lipinski definition) is 2. The van der Waals surface area contributed by atoms with Crippen LogP contribution in [0.2, 0.25) is 0 Å². The molecule has 0 aromatic heterocycles. The molecule has 4 nitrogen and oxygen atoms in total. The van der Waals surface area contributed by atoms with Crippen molar-refractivity contribution in [2.45, 2.75) is 25.3 Å². The molecule has 0 aromatic carbocycles. The maximum Gasteiger partial charge on any atom is 0.308 e. The highest BCUT2D eigenvalue weighted by Gasteiger charge is 2.29. The van der Waals surface area contributed by atoms with Crippen LogP contribution in [0, 0.1) is 5.92 Å². The minimum Gasteiger partial charge on any atom is -0.481 e. The van der Waals surface area contributed by atoms with Gasteiger partial charge in [0.25, 0.3) is 0 Å². The molecule has 1 saturated carbocycles. The zero-order chi connectivity index (χ0) is 6.85. The van der Waals surface area contributed by atoms with Gasteiger partial charge in [-0.25, -0.2) is 0 Å². The van der Waals surface area contributed by atoms with Crippen LogP contribution in [0.4, 0.5) is 0 Å². The number of nitrogens with two attached hydrogens (primary N) is 1. The minimum atomic E-state index is -0.736. The van der Waals surface area contributed by atoms with Gasteiger partial charge in [-0.1, -0.05) is 6.42 Å². The normalized spacial score (nSPS) is 31.3. The summed E-state index contributed by atoms with van der Waals surface area (Å²) in [5.74, 6) is -1.01. The number of rotatable bonds is 1. The molecule has 1 fully saturated rings. The van der Waals surface area contributed by atoms with E-state index in [2.05, 4.69) is 0 Å². The van der Waals surface area contributed by atoms with Crippen molar-refractivity contribution in [3.05, 3.63) is 0 Å². The molecule has 4 heteroatoms. The largest absolute Gasteiger partial charge is 0.481 e. The molecule has 0 aromatic rings. The van der Waals surface area contributed by atoms with E-state index in [9.17, 15) is 4.79 Å². The van der Waals surface area contributed by atoms with Crippen molar-refractivity contribution in [3.8, 4) is 0 Å². The van der Waals surface area contributed by atoms with E-state index < -0.39 is 5.97 Å². The fraction of sp³-hybridized carbons (Fsp3) is 0.833. The number of carboxylic acids is 1. The molecule has 0 heterocycles. The highest BCUT2D eigenvalue weighted by atomic mass is 16.4. The molecule has 2 atom stereocenters. The van der Waals surface area contributed by atoms with Crippen molar-refractivity contribution in [2.75, 3.05) is 0 Å². The lowest BCUT2D eigenvalue weighted by molar-refractivity contribution is -0.141. The molecule has 0 radical (unpaired) electrons. The molecular formula is C6H13NO3. The van der Waals surface area contributed by atoms with E-state index in [-0.39, 0.29) is 17.4 Å². The first-order valence-corrected chi connectivity index (χ1v) is 3.20. The number of hydrogen-bond acceptors (Lipinski definition) is 2. The van der Waals surface area contributed by atoms with Gasteiger partial charge in [0.1, 0.15) is 0 Å². The third kappa shape index (κ3) is 1.68. The van der Waals surface area contributed by atoms with Crippen LogP contribution >= 0.6 is 0 Å². The summed E-state index contributed by atoms with van der Waals surface area (Å²) in [7, 11) is 0. The third-order valence-corrected chi connectivity index (χ3v) is 1.89. The summed E-state index contributed by atoms with van der Waals surface area (Å²) in [6.45, 7) is 0. The second-order valence-corrected chi connectivity index (χ2v) is 2.54. The minimum absolute atomic E-state index is 0. The zero-order valence-electron chi connectivity index (χ0n) is 5.71. The van der Waals surface area contributed by atoms with Gasteiger partial charge >= 0.3 is 5.97 Å². The lowest BCUT2D eigenvalue weighted by atomic mass is 10.1. The molecular weight excluding hydrogens is 134 g/mol. The quantitative estimate of drug-likeness (QED) is 0.517. The Bertz CT molecular complexity index is 126. The van der Waals surface area contributed by atoms with Gasteiger partial charge in [0.15, 0.2) is 0 Å². The molecule has 0 aliphatic heterocycles. The predicted octanol–water partition coefficient (Wildman–Crippen LogP) is -0.626. The van der Waals surface area contributed by atoms with Crippen molar-refractivity contribution in [2.24, 2.45) is 11.7 Å². The predicted molar refractivity (Wildman–Crippen MR) is 36.6 cm³/mol. The van der Waals surface area contributed by atoms with E-state index in [4.69, 9.17) is 10.8 Å². The molecule has 10 heavy (non-hydrogen) atoms. The highest BCUT2D eigenvalue weighted by molar-refractivity contribution is 5.71. The topological polar surface area (TPSA) is 94.8 Å². The molecule has 0 saturated heterocycles. The summed E-state index contributed by atoms with van der Waals surface area (Å²) in [6.07, 6.45) is 2.60. The van der Waals surface area contributed by atoms with E-state index in [0.717, 1.165) is 19.3 Å². The van der Waals surface area contributed by atoms with Gasteiger partial charge in [-0.2, -0.15) is 0 Å². The van der Waals surface area contributed by atoms with Crippen LogP contribution in [-0.4, -0.2) is 22.6 Å². The Balaban J connectivity index is 0.000000810. The summed E-state index contributed by atoms with van der Waals surface area (Å²) < 4.78 is 0. The standard InChI is InChI=1S/C6H11NO2.H2O/c7-5-3-1-2-4(5)6(8)9;/h4-5H,1-3,7H2,(H,8,9);1H2/t4-,5-;/m0./s1. The lowest BCUT2D eigenvalue weighted by Gasteiger charge is -2.07. The molecule has 0 unspecified atom stereocenters.